The third-order valence-electron chi connectivity index (χ3n) is 4.60. The zero-order chi connectivity index (χ0) is 17.5. The molecule has 0 atom stereocenters. The molecule has 2 aliphatic rings. The van der Waals surface area contributed by atoms with E-state index in [0.717, 1.165) is 52.0 Å². The SMILES string of the molecule is COc1ccc2c(c1)-c1nc(N=Cc3ccc4c(c3)OCO4)sc1CC2. The van der Waals surface area contributed by atoms with Gasteiger partial charge in [-0.25, -0.2) is 9.98 Å². The van der Waals surface area contributed by atoms with Gasteiger partial charge in [-0.15, -0.1) is 0 Å². The quantitative estimate of drug-likeness (QED) is 0.647. The van der Waals surface area contributed by atoms with Gasteiger partial charge in [0.15, 0.2) is 11.5 Å². The molecule has 0 spiro atoms. The molecule has 0 fully saturated rings. The third kappa shape index (κ3) is 2.63. The van der Waals surface area contributed by atoms with Crippen molar-refractivity contribution in [3.63, 3.8) is 0 Å². The molecule has 6 heteroatoms. The first-order chi connectivity index (χ1) is 12.8. The van der Waals surface area contributed by atoms with E-state index in [9.17, 15) is 0 Å². The fourth-order valence-electron chi connectivity index (χ4n) is 3.27. The summed E-state index contributed by atoms with van der Waals surface area (Å²) in [5, 5.41) is 0.767. The van der Waals surface area contributed by atoms with Crippen molar-refractivity contribution >= 4 is 22.7 Å². The van der Waals surface area contributed by atoms with Crippen LogP contribution in [-0.4, -0.2) is 25.1 Å². The lowest BCUT2D eigenvalue weighted by Crippen LogP contribution is -2.02. The fourth-order valence-corrected chi connectivity index (χ4v) is 4.19. The monoisotopic (exact) mass is 364 g/mol. The second-order valence-electron chi connectivity index (χ2n) is 6.16. The number of nitrogens with zero attached hydrogens (tertiary/aromatic N) is 2. The number of aromatic nitrogens is 1. The lowest BCUT2D eigenvalue weighted by Gasteiger charge is -2.15. The van der Waals surface area contributed by atoms with Crippen molar-refractivity contribution in [1.82, 2.24) is 4.98 Å². The summed E-state index contributed by atoms with van der Waals surface area (Å²) in [6.07, 6.45) is 3.85. The summed E-state index contributed by atoms with van der Waals surface area (Å²) >= 11 is 1.65. The van der Waals surface area contributed by atoms with Crippen molar-refractivity contribution in [2.24, 2.45) is 4.99 Å². The zero-order valence-corrected chi connectivity index (χ0v) is 15.0. The molecular weight excluding hydrogens is 348 g/mol. The minimum absolute atomic E-state index is 0.276. The summed E-state index contributed by atoms with van der Waals surface area (Å²) in [5.41, 5.74) is 4.47. The first kappa shape index (κ1) is 15.4. The standard InChI is InChI=1S/C20H16N2O3S/c1-23-14-5-3-13-4-7-18-19(15(13)9-14)22-20(26-18)21-10-12-2-6-16-17(8-12)25-11-24-16/h2-3,5-6,8-10H,4,7,11H2,1H3. The summed E-state index contributed by atoms with van der Waals surface area (Å²) in [6.45, 7) is 0.276. The predicted molar refractivity (Wildman–Crippen MR) is 101 cm³/mol. The molecule has 130 valence electrons. The fraction of sp³-hybridized carbons (Fsp3) is 0.200. The van der Waals surface area contributed by atoms with E-state index in [1.807, 2.05) is 30.5 Å². The van der Waals surface area contributed by atoms with Crippen molar-refractivity contribution in [3.05, 3.63) is 52.4 Å². The van der Waals surface area contributed by atoms with Crippen molar-refractivity contribution in [2.45, 2.75) is 12.8 Å². The molecule has 2 heterocycles. The van der Waals surface area contributed by atoms with E-state index >= 15 is 0 Å². The smallest absolute Gasteiger partial charge is 0.231 e. The molecule has 2 aromatic carbocycles. The van der Waals surface area contributed by atoms with E-state index in [1.54, 1.807) is 18.4 Å². The zero-order valence-electron chi connectivity index (χ0n) is 14.2. The number of rotatable bonds is 3. The lowest BCUT2D eigenvalue weighted by atomic mass is 9.93. The molecule has 5 rings (SSSR count). The molecule has 3 aromatic rings. The van der Waals surface area contributed by atoms with Gasteiger partial charge in [-0.3, -0.25) is 0 Å². The largest absolute Gasteiger partial charge is 0.497 e. The van der Waals surface area contributed by atoms with Crippen molar-refractivity contribution in [2.75, 3.05) is 13.9 Å². The van der Waals surface area contributed by atoms with Gasteiger partial charge in [0.05, 0.1) is 12.8 Å². The summed E-state index contributed by atoms with van der Waals surface area (Å²) in [5.74, 6) is 2.39. The molecule has 5 nitrogen and oxygen atoms in total. The van der Waals surface area contributed by atoms with Crippen LogP contribution >= 0.6 is 11.3 Å². The summed E-state index contributed by atoms with van der Waals surface area (Å²) in [6, 6.07) is 12.0. The molecule has 1 aliphatic carbocycles. The van der Waals surface area contributed by atoms with E-state index in [-0.39, 0.29) is 6.79 Å². The maximum absolute atomic E-state index is 5.41. The van der Waals surface area contributed by atoms with Gasteiger partial charge < -0.3 is 14.2 Å². The Morgan fingerprint density at radius 2 is 2.04 bits per heavy atom. The minimum atomic E-state index is 0.276. The molecular formula is C20H16N2O3S. The molecule has 26 heavy (non-hydrogen) atoms. The average Bonchev–Trinajstić information content (AvgIpc) is 3.31. The molecule has 0 saturated heterocycles. The van der Waals surface area contributed by atoms with Crippen LogP contribution in [0.1, 0.15) is 16.0 Å². The van der Waals surface area contributed by atoms with Crippen molar-refractivity contribution in [3.8, 4) is 28.5 Å². The van der Waals surface area contributed by atoms with Gasteiger partial charge in [-0.2, -0.15) is 0 Å². The number of methoxy groups -OCH3 is 1. The second-order valence-corrected chi connectivity index (χ2v) is 7.22. The number of aliphatic imine (C=N–C) groups is 1. The molecule has 0 bridgehead atoms. The maximum Gasteiger partial charge on any atom is 0.231 e. The molecule has 0 radical (unpaired) electrons. The second kappa shape index (κ2) is 6.14. The van der Waals surface area contributed by atoms with E-state index in [2.05, 4.69) is 17.1 Å². The summed E-state index contributed by atoms with van der Waals surface area (Å²) in [4.78, 5) is 10.6. The number of hydrogen-bond donors (Lipinski definition) is 0. The van der Waals surface area contributed by atoms with Crippen LogP contribution in [0.3, 0.4) is 0 Å². The molecule has 0 unspecified atom stereocenters. The number of benzene rings is 2. The van der Waals surface area contributed by atoms with E-state index in [0.29, 0.717) is 0 Å². The summed E-state index contributed by atoms with van der Waals surface area (Å²) < 4.78 is 16.1. The Morgan fingerprint density at radius 1 is 1.12 bits per heavy atom. The van der Waals surface area contributed by atoms with Gasteiger partial charge in [-0.05, 0) is 54.3 Å². The Balaban J connectivity index is 1.46. The van der Waals surface area contributed by atoms with E-state index in [1.165, 1.54) is 10.4 Å². The van der Waals surface area contributed by atoms with Crippen LogP contribution in [0.2, 0.25) is 0 Å². The van der Waals surface area contributed by atoms with Gasteiger partial charge in [-0.1, -0.05) is 17.4 Å². The highest BCUT2D eigenvalue weighted by atomic mass is 32.1. The average molecular weight is 364 g/mol. The Hall–Kier alpha value is -2.86. The van der Waals surface area contributed by atoms with Crippen LogP contribution in [0.25, 0.3) is 11.3 Å². The Morgan fingerprint density at radius 3 is 2.96 bits per heavy atom. The molecule has 1 aromatic heterocycles. The van der Waals surface area contributed by atoms with Crippen LogP contribution in [-0.2, 0) is 12.8 Å². The number of aryl methyl sites for hydroxylation is 2. The van der Waals surface area contributed by atoms with Crippen LogP contribution in [0, 0.1) is 0 Å². The van der Waals surface area contributed by atoms with E-state index in [4.69, 9.17) is 19.2 Å². The first-order valence-electron chi connectivity index (χ1n) is 8.41. The first-order valence-corrected chi connectivity index (χ1v) is 9.22. The topological polar surface area (TPSA) is 52.9 Å². The molecule has 0 saturated carbocycles. The highest BCUT2D eigenvalue weighted by Crippen LogP contribution is 2.40. The van der Waals surface area contributed by atoms with E-state index < -0.39 is 0 Å². The number of hydrogen-bond acceptors (Lipinski definition) is 6. The minimum Gasteiger partial charge on any atom is -0.497 e. The van der Waals surface area contributed by atoms with Crippen LogP contribution in [0.15, 0.2) is 41.4 Å². The third-order valence-corrected chi connectivity index (χ3v) is 5.62. The lowest BCUT2D eigenvalue weighted by molar-refractivity contribution is 0.174. The van der Waals surface area contributed by atoms with Gasteiger partial charge in [0.1, 0.15) is 5.75 Å². The van der Waals surface area contributed by atoms with Gasteiger partial charge in [0, 0.05) is 16.7 Å². The van der Waals surface area contributed by atoms with Crippen molar-refractivity contribution in [1.29, 1.82) is 0 Å². The number of thiazole rings is 1. The molecule has 0 amide bonds. The predicted octanol–water partition coefficient (Wildman–Crippen LogP) is 4.40. The highest BCUT2D eigenvalue weighted by Gasteiger charge is 2.21. The van der Waals surface area contributed by atoms with Crippen LogP contribution in [0.4, 0.5) is 5.13 Å². The Kier molecular flexibility index (Phi) is 3.64. The maximum atomic E-state index is 5.41. The normalized spacial score (nSPS) is 14.3. The van der Waals surface area contributed by atoms with Crippen molar-refractivity contribution < 1.29 is 14.2 Å². The summed E-state index contributed by atoms with van der Waals surface area (Å²) in [7, 11) is 1.69. The molecule has 0 N–H and O–H groups in total. The Labute approximate surface area is 154 Å². The number of fused-ring (bicyclic) bond motifs is 4. The van der Waals surface area contributed by atoms with Crippen LogP contribution in [0.5, 0.6) is 17.2 Å². The Bertz CT molecular complexity index is 1030. The van der Waals surface area contributed by atoms with Crippen LogP contribution < -0.4 is 14.2 Å². The molecule has 1 aliphatic heterocycles. The van der Waals surface area contributed by atoms with Gasteiger partial charge >= 0.3 is 0 Å². The highest BCUT2D eigenvalue weighted by molar-refractivity contribution is 7.15. The number of ether oxygens (including phenoxy) is 3. The van der Waals surface area contributed by atoms with Gasteiger partial charge in [0.25, 0.3) is 0 Å². The van der Waals surface area contributed by atoms with Gasteiger partial charge in [0.2, 0.25) is 11.9 Å².